The molecule has 2 nitrogen and oxygen atoms in total. The van der Waals surface area contributed by atoms with E-state index in [0.717, 1.165) is 13.1 Å². The third-order valence-electron chi connectivity index (χ3n) is 2.89. The zero-order valence-corrected chi connectivity index (χ0v) is 10.4. The van der Waals surface area contributed by atoms with Crippen molar-refractivity contribution >= 4 is 5.69 Å². The summed E-state index contributed by atoms with van der Waals surface area (Å²) in [5.41, 5.74) is 1.20. The van der Waals surface area contributed by atoms with E-state index in [1.807, 2.05) is 18.2 Å². The summed E-state index contributed by atoms with van der Waals surface area (Å²) >= 11 is 0. The molecule has 0 saturated carbocycles. The van der Waals surface area contributed by atoms with E-state index in [1.165, 1.54) is 5.69 Å². The van der Waals surface area contributed by atoms with Crippen molar-refractivity contribution in [2.24, 2.45) is 11.8 Å². The average molecular weight is 216 g/mol. The van der Waals surface area contributed by atoms with Crippen molar-refractivity contribution in [1.82, 2.24) is 0 Å². The number of nitriles is 1. The quantitative estimate of drug-likeness (QED) is 0.755. The monoisotopic (exact) mass is 216 g/mol. The van der Waals surface area contributed by atoms with Crippen LogP contribution in [0, 0.1) is 23.2 Å². The molecule has 0 radical (unpaired) electrons. The Balaban J connectivity index is 2.73. The molecule has 1 aromatic rings. The number of anilines is 1. The number of hydrogen-bond donors (Lipinski definition) is 0. The first-order valence-electron chi connectivity index (χ1n) is 5.88. The Morgan fingerprint density at radius 1 is 1.25 bits per heavy atom. The van der Waals surface area contributed by atoms with Gasteiger partial charge in [-0.25, -0.2) is 0 Å². The molecule has 0 aliphatic rings. The highest BCUT2D eigenvalue weighted by Gasteiger charge is 2.16. The van der Waals surface area contributed by atoms with E-state index in [1.54, 1.807) is 0 Å². The van der Waals surface area contributed by atoms with Gasteiger partial charge in [-0.3, -0.25) is 0 Å². The van der Waals surface area contributed by atoms with Crippen molar-refractivity contribution in [1.29, 1.82) is 5.26 Å². The molecule has 0 fully saturated rings. The van der Waals surface area contributed by atoms with E-state index < -0.39 is 0 Å². The molecule has 86 valence electrons. The fourth-order valence-corrected chi connectivity index (χ4v) is 1.69. The highest BCUT2D eigenvalue weighted by Crippen LogP contribution is 2.18. The maximum atomic E-state index is 9.11. The molecule has 0 heterocycles. The lowest BCUT2D eigenvalue weighted by molar-refractivity contribution is 0.471. The lowest BCUT2D eigenvalue weighted by Crippen LogP contribution is -2.30. The Hall–Kier alpha value is -1.49. The maximum Gasteiger partial charge on any atom is 0.0677 e. The zero-order valence-electron chi connectivity index (χ0n) is 10.4. The van der Waals surface area contributed by atoms with Crippen LogP contribution < -0.4 is 4.90 Å². The molecular formula is C14H20N2. The third-order valence-corrected chi connectivity index (χ3v) is 2.89. The molecule has 0 aromatic heterocycles. The fourth-order valence-electron chi connectivity index (χ4n) is 1.69. The summed E-state index contributed by atoms with van der Waals surface area (Å²) in [4.78, 5) is 2.26. The highest BCUT2D eigenvalue weighted by atomic mass is 15.1. The van der Waals surface area contributed by atoms with Crippen LogP contribution in [0.2, 0.25) is 0 Å². The summed E-state index contributed by atoms with van der Waals surface area (Å²) in [6.45, 7) is 8.09. The third kappa shape index (κ3) is 3.27. The average Bonchev–Trinajstić information content (AvgIpc) is 2.31. The number of nitrogens with zero attached hydrogens (tertiary/aromatic N) is 2. The smallest absolute Gasteiger partial charge is 0.0677 e. The van der Waals surface area contributed by atoms with Gasteiger partial charge in [0.1, 0.15) is 0 Å². The van der Waals surface area contributed by atoms with Gasteiger partial charge in [0, 0.05) is 18.8 Å². The predicted molar refractivity (Wildman–Crippen MR) is 68.3 cm³/mol. The van der Waals surface area contributed by atoms with E-state index in [2.05, 4.69) is 43.9 Å². The van der Waals surface area contributed by atoms with E-state index >= 15 is 0 Å². The minimum absolute atomic E-state index is 0.0974. The van der Waals surface area contributed by atoms with E-state index in [4.69, 9.17) is 5.26 Å². The second-order valence-corrected chi connectivity index (χ2v) is 4.35. The number of para-hydroxylation sites is 1. The molecule has 1 atom stereocenters. The largest absolute Gasteiger partial charge is 0.370 e. The molecule has 0 saturated heterocycles. The van der Waals surface area contributed by atoms with Crippen LogP contribution in [-0.4, -0.2) is 13.1 Å². The minimum atomic E-state index is 0.0974. The van der Waals surface area contributed by atoms with Crippen LogP contribution in [0.25, 0.3) is 0 Å². The molecule has 16 heavy (non-hydrogen) atoms. The van der Waals surface area contributed by atoms with Gasteiger partial charge in [-0.1, -0.05) is 32.0 Å². The van der Waals surface area contributed by atoms with Gasteiger partial charge in [0.2, 0.25) is 0 Å². The van der Waals surface area contributed by atoms with Gasteiger partial charge in [0.15, 0.2) is 0 Å². The van der Waals surface area contributed by atoms with Crippen LogP contribution in [0.3, 0.4) is 0 Å². The first-order valence-corrected chi connectivity index (χ1v) is 5.88. The van der Waals surface area contributed by atoms with Crippen LogP contribution in [0.5, 0.6) is 0 Å². The summed E-state index contributed by atoms with van der Waals surface area (Å²) in [7, 11) is 0. The van der Waals surface area contributed by atoms with Crippen molar-refractivity contribution < 1.29 is 0 Å². The molecule has 1 rings (SSSR count). The lowest BCUT2D eigenvalue weighted by atomic mass is 9.97. The van der Waals surface area contributed by atoms with Gasteiger partial charge in [0.05, 0.1) is 12.0 Å². The fraction of sp³-hybridized carbons (Fsp3) is 0.500. The van der Waals surface area contributed by atoms with Crippen LogP contribution in [0.15, 0.2) is 30.3 Å². The molecular weight excluding hydrogens is 196 g/mol. The maximum absolute atomic E-state index is 9.11. The standard InChI is InChI=1S/C14H20N2/c1-4-16(11-13(10-15)12(2)3)14-8-6-5-7-9-14/h5-9,12-13H,4,11H2,1-3H3. The van der Waals surface area contributed by atoms with Gasteiger partial charge in [-0.05, 0) is 25.0 Å². The Labute approximate surface area is 98.5 Å². The van der Waals surface area contributed by atoms with Crippen LogP contribution >= 0.6 is 0 Å². The topological polar surface area (TPSA) is 27.0 Å². The summed E-state index contributed by atoms with van der Waals surface area (Å²) in [6.07, 6.45) is 0. The van der Waals surface area contributed by atoms with Crippen LogP contribution in [0.1, 0.15) is 20.8 Å². The van der Waals surface area contributed by atoms with Gasteiger partial charge in [-0.2, -0.15) is 5.26 Å². The van der Waals surface area contributed by atoms with Gasteiger partial charge >= 0.3 is 0 Å². The van der Waals surface area contributed by atoms with Crippen LogP contribution in [-0.2, 0) is 0 Å². The van der Waals surface area contributed by atoms with Gasteiger partial charge in [-0.15, -0.1) is 0 Å². The minimum Gasteiger partial charge on any atom is -0.370 e. The molecule has 0 aliphatic heterocycles. The first kappa shape index (κ1) is 12.6. The molecule has 0 amide bonds. The Morgan fingerprint density at radius 2 is 1.88 bits per heavy atom. The van der Waals surface area contributed by atoms with Crippen molar-refractivity contribution in [2.45, 2.75) is 20.8 Å². The van der Waals surface area contributed by atoms with Crippen molar-refractivity contribution in [3.8, 4) is 6.07 Å². The van der Waals surface area contributed by atoms with Crippen molar-refractivity contribution in [3.05, 3.63) is 30.3 Å². The van der Waals surface area contributed by atoms with E-state index in [9.17, 15) is 0 Å². The molecule has 1 aromatic carbocycles. The van der Waals surface area contributed by atoms with Crippen molar-refractivity contribution in [3.63, 3.8) is 0 Å². The summed E-state index contributed by atoms with van der Waals surface area (Å²) in [5, 5.41) is 9.11. The summed E-state index contributed by atoms with van der Waals surface area (Å²) < 4.78 is 0. The molecule has 0 N–H and O–H groups in total. The normalized spacial score (nSPS) is 12.2. The summed E-state index contributed by atoms with van der Waals surface area (Å²) in [5.74, 6) is 0.503. The highest BCUT2D eigenvalue weighted by molar-refractivity contribution is 5.46. The van der Waals surface area contributed by atoms with E-state index in [-0.39, 0.29) is 5.92 Å². The van der Waals surface area contributed by atoms with E-state index in [0.29, 0.717) is 5.92 Å². The number of hydrogen-bond acceptors (Lipinski definition) is 2. The van der Waals surface area contributed by atoms with Crippen LogP contribution in [0.4, 0.5) is 5.69 Å². The molecule has 1 unspecified atom stereocenters. The van der Waals surface area contributed by atoms with Crippen molar-refractivity contribution in [2.75, 3.05) is 18.0 Å². The molecule has 0 bridgehead atoms. The van der Waals surface area contributed by atoms with Gasteiger partial charge < -0.3 is 4.90 Å². The lowest BCUT2D eigenvalue weighted by Gasteiger charge is -2.26. The Bertz CT molecular complexity index is 338. The second kappa shape index (κ2) is 6.17. The molecule has 0 aliphatic carbocycles. The first-order chi connectivity index (χ1) is 7.69. The SMILES string of the molecule is CCN(CC(C#N)C(C)C)c1ccccc1. The Kier molecular flexibility index (Phi) is 4.85. The second-order valence-electron chi connectivity index (χ2n) is 4.35. The Morgan fingerprint density at radius 3 is 2.31 bits per heavy atom. The molecule has 2 heteroatoms. The number of benzene rings is 1. The number of rotatable bonds is 5. The zero-order chi connectivity index (χ0) is 12.0. The molecule has 0 spiro atoms. The van der Waals surface area contributed by atoms with Gasteiger partial charge in [0.25, 0.3) is 0 Å². The summed E-state index contributed by atoms with van der Waals surface area (Å²) in [6, 6.07) is 12.7. The predicted octanol–water partition coefficient (Wildman–Crippen LogP) is 3.31.